The third-order valence-electron chi connectivity index (χ3n) is 4.79. The molecule has 1 heterocycles. The third kappa shape index (κ3) is 5.26. The Morgan fingerprint density at radius 1 is 1.19 bits per heavy atom. The number of ketones is 1. The van der Waals surface area contributed by atoms with Crippen LogP contribution in [0.25, 0.3) is 0 Å². The Kier molecular flexibility index (Phi) is 6.71. The SMILES string of the molecule is CC(C)Oc1ccc(S(=O)(=O)Nc2ccc(Cl)cc2C(=O)C2C=CC=[N+](O)C2C)cc1. The zero-order valence-electron chi connectivity index (χ0n) is 17.3. The number of sulfonamides is 1. The van der Waals surface area contributed by atoms with E-state index in [1.165, 1.54) is 36.5 Å². The van der Waals surface area contributed by atoms with Crippen molar-refractivity contribution in [2.45, 2.75) is 37.8 Å². The summed E-state index contributed by atoms with van der Waals surface area (Å²) >= 11 is 6.08. The molecule has 1 aliphatic heterocycles. The summed E-state index contributed by atoms with van der Waals surface area (Å²) in [6.07, 6.45) is 4.64. The largest absolute Gasteiger partial charge is 0.491 e. The van der Waals surface area contributed by atoms with E-state index in [1.807, 2.05) is 13.8 Å². The van der Waals surface area contributed by atoms with Crippen molar-refractivity contribution in [3.63, 3.8) is 0 Å². The number of ether oxygens (including phenoxy) is 1. The Bertz CT molecular complexity index is 1140. The molecule has 0 saturated carbocycles. The van der Waals surface area contributed by atoms with Crippen LogP contribution in [0.3, 0.4) is 0 Å². The van der Waals surface area contributed by atoms with Crippen LogP contribution in [-0.4, -0.2) is 42.5 Å². The highest BCUT2D eigenvalue weighted by molar-refractivity contribution is 7.92. The normalized spacial score (nSPS) is 18.5. The van der Waals surface area contributed by atoms with E-state index in [2.05, 4.69) is 4.72 Å². The lowest BCUT2D eigenvalue weighted by Crippen LogP contribution is -2.36. The summed E-state index contributed by atoms with van der Waals surface area (Å²) in [5.41, 5.74) is 0.226. The van der Waals surface area contributed by atoms with E-state index in [0.29, 0.717) is 10.8 Å². The van der Waals surface area contributed by atoms with Gasteiger partial charge in [0.1, 0.15) is 11.7 Å². The standard InChI is InChI=1S/C22H23ClN2O5S/c1-14(2)30-17-7-9-18(10-8-17)31(28,29)24-21-11-6-16(23)13-20(21)22(26)19-5-4-12-25(27)15(19)3/h4-15,19H,1-3H3,(H-,24,26,27)/p+1. The summed E-state index contributed by atoms with van der Waals surface area (Å²) in [4.78, 5) is 13.2. The quantitative estimate of drug-likeness (QED) is 0.365. The second-order valence-electron chi connectivity index (χ2n) is 7.48. The molecule has 1 aliphatic rings. The summed E-state index contributed by atoms with van der Waals surface area (Å²) in [6, 6.07) is 9.86. The molecule has 0 radical (unpaired) electrons. The van der Waals surface area contributed by atoms with Gasteiger partial charge in [0.25, 0.3) is 10.0 Å². The molecule has 2 aromatic carbocycles. The van der Waals surface area contributed by atoms with E-state index in [-0.39, 0.29) is 28.0 Å². The summed E-state index contributed by atoms with van der Waals surface area (Å²) in [5.74, 6) is -0.485. The van der Waals surface area contributed by atoms with Crippen LogP contribution >= 0.6 is 11.6 Å². The monoisotopic (exact) mass is 463 g/mol. The zero-order valence-corrected chi connectivity index (χ0v) is 18.9. The number of benzene rings is 2. The number of hydroxylamine groups is 1. The molecule has 2 N–H and O–H groups in total. The van der Waals surface area contributed by atoms with E-state index in [1.54, 1.807) is 31.2 Å². The Morgan fingerprint density at radius 3 is 2.52 bits per heavy atom. The number of Topliss-reactive ketones (excluding diaryl/α,β-unsaturated/α-hetero) is 1. The van der Waals surface area contributed by atoms with Crippen molar-refractivity contribution in [1.82, 2.24) is 0 Å². The highest BCUT2D eigenvalue weighted by Crippen LogP contribution is 2.29. The summed E-state index contributed by atoms with van der Waals surface area (Å²) in [7, 11) is -3.97. The average Bonchev–Trinajstić information content (AvgIpc) is 2.71. The number of hydrogen-bond acceptors (Lipinski definition) is 5. The maximum Gasteiger partial charge on any atom is 0.261 e. The van der Waals surface area contributed by atoms with Gasteiger partial charge < -0.3 is 4.74 Å². The maximum atomic E-state index is 13.2. The van der Waals surface area contributed by atoms with Crippen molar-refractivity contribution in [1.29, 1.82) is 0 Å². The van der Waals surface area contributed by atoms with Crippen LogP contribution in [0.5, 0.6) is 5.75 Å². The first-order valence-electron chi connectivity index (χ1n) is 9.70. The molecule has 2 aromatic rings. The van der Waals surface area contributed by atoms with Crippen LogP contribution in [-0.2, 0) is 10.0 Å². The Morgan fingerprint density at radius 2 is 1.87 bits per heavy atom. The van der Waals surface area contributed by atoms with Gasteiger partial charge in [0.2, 0.25) is 12.3 Å². The smallest absolute Gasteiger partial charge is 0.261 e. The van der Waals surface area contributed by atoms with Gasteiger partial charge in [-0.1, -0.05) is 17.7 Å². The zero-order chi connectivity index (χ0) is 22.8. The number of anilines is 1. The molecule has 2 unspecified atom stereocenters. The fourth-order valence-electron chi connectivity index (χ4n) is 3.19. The number of halogens is 1. The lowest BCUT2D eigenvalue weighted by Gasteiger charge is -2.19. The summed E-state index contributed by atoms with van der Waals surface area (Å²) in [5, 5.41) is 10.2. The highest BCUT2D eigenvalue weighted by atomic mass is 35.5. The molecular weight excluding hydrogens is 440 g/mol. The van der Waals surface area contributed by atoms with Gasteiger partial charge in [-0.05, 0) is 61.1 Å². The summed E-state index contributed by atoms with van der Waals surface area (Å²) < 4.78 is 34.8. The molecule has 3 rings (SSSR count). The van der Waals surface area contributed by atoms with E-state index >= 15 is 0 Å². The number of allylic oxidation sites excluding steroid dienone is 1. The molecule has 164 valence electrons. The van der Waals surface area contributed by atoms with Crippen molar-refractivity contribution in [3.8, 4) is 5.75 Å². The number of nitrogens with one attached hydrogen (secondary N) is 1. The molecule has 0 aliphatic carbocycles. The molecule has 0 fully saturated rings. The fraction of sp³-hybridized carbons (Fsp3) is 0.273. The van der Waals surface area contributed by atoms with Crippen molar-refractivity contribution >= 4 is 39.3 Å². The maximum absolute atomic E-state index is 13.2. The van der Waals surface area contributed by atoms with Crippen molar-refractivity contribution in [2.24, 2.45) is 5.92 Å². The molecule has 31 heavy (non-hydrogen) atoms. The van der Waals surface area contributed by atoms with Crippen LogP contribution in [0.1, 0.15) is 31.1 Å². The van der Waals surface area contributed by atoms with Crippen LogP contribution in [0.15, 0.2) is 59.5 Å². The van der Waals surface area contributed by atoms with E-state index in [9.17, 15) is 18.4 Å². The van der Waals surface area contributed by atoms with Gasteiger partial charge in [0.15, 0.2) is 5.78 Å². The van der Waals surface area contributed by atoms with E-state index in [0.717, 1.165) is 4.74 Å². The average molecular weight is 464 g/mol. The molecule has 7 nitrogen and oxygen atoms in total. The molecule has 9 heteroatoms. The van der Waals surface area contributed by atoms with Crippen LogP contribution < -0.4 is 9.46 Å². The van der Waals surface area contributed by atoms with Crippen molar-refractivity contribution in [2.75, 3.05) is 4.72 Å². The van der Waals surface area contributed by atoms with E-state index < -0.39 is 22.0 Å². The van der Waals surface area contributed by atoms with Crippen LogP contribution in [0.2, 0.25) is 5.02 Å². The lowest BCUT2D eigenvalue weighted by atomic mass is 9.89. The minimum Gasteiger partial charge on any atom is -0.491 e. The van der Waals surface area contributed by atoms with Gasteiger partial charge in [0.05, 0.1) is 16.7 Å². The van der Waals surface area contributed by atoms with Crippen molar-refractivity contribution in [3.05, 3.63) is 65.2 Å². The molecule has 0 amide bonds. The Balaban J connectivity index is 1.91. The van der Waals surface area contributed by atoms with Gasteiger partial charge in [-0.15, -0.1) is 0 Å². The first kappa shape index (κ1) is 22.8. The van der Waals surface area contributed by atoms with Crippen LogP contribution in [0, 0.1) is 5.92 Å². The first-order valence-corrected chi connectivity index (χ1v) is 11.6. The molecular formula is C22H24ClN2O5S+. The number of rotatable bonds is 7. The molecule has 0 bridgehead atoms. The van der Waals surface area contributed by atoms with Gasteiger partial charge in [-0.2, -0.15) is 0 Å². The van der Waals surface area contributed by atoms with Gasteiger partial charge in [0, 0.05) is 23.6 Å². The second kappa shape index (κ2) is 9.11. The molecule has 0 spiro atoms. The Labute approximate surface area is 186 Å². The molecule has 0 saturated heterocycles. The van der Waals surface area contributed by atoms with Gasteiger partial charge >= 0.3 is 0 Å². The third-order valence-corrected chi connectivity index (χ3v) is 6.41. The predicted molar refractivity (Wildman–Crippen MR) is 119 cm³/mol. The summed E-state index contributed by atoms with van der Waals surface area (Å²) in [6.45, 7) is 5.45. The van der Waals surface area contributed by atoms with Crippen molar-refractivity contribution < 1.29 is 27.9 Å². The molecule has 2 atom stereocenters. The first-order chi connectivity index (χ1) is 14.6. The van der Waals surface area contributed by atoms with E-state index in [4.69, 9.17) is 16.3 Å². The van der Waals surface area contributed by atoms with Gasteiger partial charge in [-0.25, -0.2) is 8.42 Å². The Hall–Kier alpha value is -2.84. The highest BCUT2D eigenvalue weighted by Gasteiger charge is 2.35. The lowest BCUT2D eigenvalue weighted by molar-refractivity contribution is -0.796. The van der Waals surface area contributed by atoms with Gasteiger partial charge in [-0.3, -0.25) is 14.7 Å². The minimum atomic E-state index is -3.97. The fourth-order valence-corrected chi connectivity index (χ4v) is 4.44. The number of carbonyl (C=O) groups is 1. The topological polar surface area (TPSA) is 95.7 Å². The minimum absolute atomic E-state index is 0.0269. The number of carbonyl (C=O) groups excluding carboxylic acids is 1. The second-order valence-corrected chi connectivity index (χ2v) is 9.60. The van der Waals surface area contributed by atoms with Crippen LogP contribution in [0.4, 0.5) is 5.69 Å². The molecule has 0 aromatic heterocycles. The number of hydrogen-bond donors (Lipinski definition) is 2. The predicted octanol–water partition coefficient (Wildman–Crippen LogP) is 4.16. The number of nitrogens with zero attached hydrogens (tertiary/aromatic N) is 1.